The Kier molecular flexibility index (Phi) is 4.94. The molecule has 0 bridgehead atoms. The average molecular weight is 318 g/mol. The number of rotatable bonds is 4. The van der Waals surface area contributed by atoms with Crippen LogP contribution in [0.5, 0.6) is 5.75 Å². The topological polar surface area (TPSA) is 29.5 Å². The molecular formula is C14H11Cl3O2. The normalized spacial score (nSPS) is 10.5. The number of benzene rings is 2. The Bertz CT molecular complexity index is 585. The molecule has 0 fully saturated rings. The number of hydrogen-bond donors (Lipinski definition) is 1. The third-order valence-corrected chi connectivity index (χ3v) is 3.41. The summed E-state index contributed by atoms with van der Waals surface area (Å²) in [6.45, 7) is 0.162. The van der Waals surface area contributed by atoms with Crippen LogP contribution in [0.1, 0.15) is 11.1 Å². The molecule has 100 valence electrons. The van der Waals surface area contributed by atoms with E-state index in [1.165, 1.54) is 0 Å². The van der Waals surface area contributed by atoms with Crippen molar-refractivity contribution in [3.63, 3.8) is 0 Å². The molecule has 0 heterocycles. The fraction of sp³-hybridized carbons (Fsp3) is 0.143. The van der Waals surface area contributed by atoms with Gasteiger partial charge in [-0.25, -0.2) is 0 Å². The van der Waals surface area contributed by atoms with Gasteiger partial charge in [-0.1, -0.05) is 40.9 Å². The van der Waals surface area contributed by atoms with Gasteiger partial charge in [0.1, 0.15) is 12.4 Å². The van der Waals surface area contributed by atoms with Crippen molar-refractivity contribution in [2.75, 3.05) is 0 Å². The summed E-state index contributed by atoms with van der Waals surface area (Å²) in [4.78, 5) is 0. The molecule has 0 atom stereocenters. The van der Waals surface area contributed by atoms with Crippen LogP contribution in [0.4, 0.5) is 0 Å². The number of hydrogen-bond acceptors (Lipinski definition) is 2. The summed E-state index contributed by atoms with van der Waals surface area (Å²) in [5.41, 5.74) is 1.46. The van der Waals surface area contributed by atoms with E-state index in [0.717, 1.165) is 5.56 Å². The highest BCUT2D eigenvalue weighted by molar-refractivity contribution is 6.35. The van der Waals surface area contributed by atoms with E-state index in [-0.39, 0.29) is 6.61 Å². The van der Waals surface area contributed by atoms with E-state index < -0.39 is 0 Å². The molecule has 2 rings (SSSR count). The maximum atomic E-state index is 9.25. The summed E-state index contributed by atoms with van der Waals surface area (Å²) in [5.74, 6) is 0.581. The third-order valence-electron chi connectivity index (χ3n) is 2.59. The molecule has 2 aromatic rings. The lowest BCUT2D eigenvalue weighted by molar-refractivity contribution is 0.259. The fourth-order valence-electron chi connectivity index (χ4n) is 1.61. The minimum Gasteiger partial charge on any atom is -0.488 e. The Labute approximate surface area is 126 Å². The number of aliphatic hydroxyl groups is 1. The molecule has 0 saturated heterocycles. The third kappa shape index (κ3) is 3.77. The zero-order chi connectivity index (χ0) is 13.8. The van der Waals surface area contributed by atoms with Crippen molar-refractivity contribution in [2.24, 2.45) is 0 Å². The van der Waals surface area contributed by atoms with E-state index in [2.05, 4.69) is 0 Å². The van der Waals surface area contributed by atoms with Crippen LogP contribution in [0, 0.1) is 0 Å². The molecule has 0 aliphatic carbocycles. The van der Waals surface area contributed by atoms with Crippen molar-refractivity contribution < 1.29 is 9.84 Å². The Balaban J connectivity index is 2.14. The van der Waals surface area contributed by atoms with Crippen LogP contribution in [0.2, 0.25) is 15.1 Å². The van der Waals surface area contributed by atoms with Gasteiger partial charge in [0.05, 0.1) is 6.61 Å². The van der Waals surface area contributed by atoms with Gasteiger partial charge < -0.3 is 9.84 Å². The van der Waals surface area contributed by atoms with E-state index in [0.29, 0.717) is 33.0 Å². The predicted octanol–water partition coefficient (Wildman–Crippen LogP) is 4.72. The molecule has 19 heavy (non-hydrogen) atoms. The second-order valence-corrected chi connectivity index (χ2v) is 5.21. The van der Waals surface area contributed by atoms with Crippen LogP contribution in [0.3, 0.4) is 0 Å². The summed E-state index contributed by atoms with van der Waals surface area (Å²) >= 11 is 17.7. The highest BCUT2D eigenvalue weighted by Crippen LogP contribution is 2.26. The van der Waals surface area contributed by atoms with Crippen molar-refractivity contribution in [1.29, 1.82) is 0 Å². The largest absolute Gasteiger partial charge is 0.488 e. The molecule has 0 amide bonds. The monoisotopic (exact) mass is 316 g/mol. The highest BCUT2D eigenvalue weighted by Gasteiger charge is 2.06. The van der Waals surface area contributed by atoms with Gasteiger partial charge >= 0.3 is 0 Å². The van der Waals surface area contributed by atoms with Gasteiger partial charge in [-0.3, -0.25) is 0 Å². The first-order valence-electron chi connectivity index (χ1n) is 5.56. The van der Waals surface area contributed by atoms with Crippen LogP contribution >= 0.6 is 34.8 Å². The van der Waals surface area contributed by atoms with Crippen molar-refractivity contribution in [3.05, 3.63) is 62.6 Å². The zero-order valence-electron chi connectivity index (χ0n) is 9.87. The molecule has 2 aromatic carbocycles. The minimum atomic E-state index is -0.135. The van der Waals surface area contributed by atoms with E-state index in [1.54, 1.807) is 36.4 Å². The van der Waals surface area contributed by atoms with Crippen LogP contribution in [0.15, 0.2) is 36.4 Å². The van der Waals surface area contributed by atoms with Crippen molar-refractivity contribution >= 4 is 34.8 Å². The van der Waals surface area contributed by atoms with Gasteiger partial charge in [-0.2, -0.15) is 0 Å². The molecule has 0 radical (unpaired) electrons. The maximum absolute atomic E-state index is 9.25. The van der Waals surface area contributed by atoms with E-state index in [9.17, 15) is 5.11 Å². The number of halogens is 3. The standard InChI is InChI=1S/C14H11Cl3O2/c15-11-3-4-14(10(5-11)7-18)19-8-9-1-2-12(16)6-13(9)17/h1-6,18H,7-8H2. The first-order valence-corrected chi connectivity index (χ1v) is 6.69. The van der Waals surface area contributed by atoms with Gasteiger partial charge in [0.2, 0.25) is 0 Å². The van der Waals surface area contributed by atoms with Gasteiger partial charge in [-0.05, 0) is 30.3 Å². The highest BCUT2D eigenvalue weighted by atomic mass is 35.5. The molecule has 2 nitrogen and oxygen atoms in total. The second kappa shape index (κ2) is 6.49. The van der Waals surface area contributed by atoms with Crippen LogP contribution in [0.25, 0.3) is 0 Å². The van der Waals surface area contributed by atoms with Crippen molar-refractivity contribution in [1.82, 2.24) is 0 Å². The summed E-state index contributed by atoms with van der Waals surface area (Å²) < 4.78 is 5.64. The van der Waals surface area contributed by atoms with Crippen LogP contribution in [-0.2, 0) is 13.2 Å². The second-order valence-electron chi connectivity index (χ2n) is 3.93. The molecule has 0 spiro atoms. The molecule has 5 heteroatoms. The lowest BCUT2D eigenvalue weighted by Gasteiger charge is -2.11. The van der Waals surface area contributed by atoms with E-state index >= 15 is 0 Å². The quantitative estimate of drug-likeness (QED) is 0.884. The summed E-state index contributed by atoms with van der Waals surface area (Å²) in [6, 6.07) is 10.3. The number of ether oxygens (including phenoxy) is 1. The van der Waals surface area contributed by atoms with Gasteiger partial charge in [-0.15, -0.1) is 0 Å². The summed E-state index contributed by atoms with van der Waals surface area (Å²) in [7, 11) is 0. The molecule has 0 aliphatic heterocycles. The zero-order valence-corrected chi connectivity index (χ0v) is 12.1. The van der Waals surface area contributed by atoms with Gasteiger partial charge in [0.15, 0.2) is 0 Å². The Morgan fingerprint density at radius 1 is 0.895 bits per heavy atom. The van der Waals surface area contributed by atoms with Crippen LogP contribution in [-0.4, -0.2) is 5.11 Å². The fourth-order valence-corrected chi connectivity index (χ4v) is 2.26. The lowest BCUT2D eigenvalue weighted by atomic mass is 10.2. The Morgan fingerprint density at radius 2 is 1.58 bits per heavy atom. The van der Waals surface area contributed by atoms with Gasteiger partial charge in [0, 0.05) is 26.2 Å². The van der Waals surface area contributed by atoms with Crippen molar-refractivity contribution in [2.45, 2.75) is 13.2 Å². The minimum absolute atomic E-state index is 0.135. The molecule has 0 unspecified atom stereocenters. The molecule has 0 saturated carbocycles. The summed E-state index contributed by atoms with van der Waals surface area (Å²) in [5, 5.41) is 10.9. The molecular weight excluding hydrogens is 307 g/mol. The lowest BCUT2D eigenvalue weighted by Crippen LogP contribution is -1.99. The number of aliphatic hydroxyl groups excluding tert-OH is 1. The smallest absolute Gasteiger partial charge is 0.125 e. The van der Waals surface area contributed by atoms with Crippen LogP contribution < -0.4 is 4.74 Å². The van der Waals surface area contributed by atoms with E-state index in [1.807, 2.05) is 0 Å². The predicted molar refractivity (Wildman–Crippen MR) is 78.2 cm³/mol. The molecule has 0 aromatic heterocycles. The Morgan fingerprint density at radius 3 is 2.26 bits per heavy atom. The molecule has 0 aliphatic rings. The maximum Gasteiger partial charge on any atom is 0.125 e. The SMILES string of the molecule is OCc1cc(Cl)ccc1OCc1ccc(Cl)cc1Cl. The van der Waals surface area contributed by atoms with E-state index in [4.69, 9.17) is 39.5 Å². The molecule has 1 N–H and O–H groups in total. The van der Waals surface area contributed by atoms with Crippen molar-refractivity contribution in [3.8, 4) is 5.75 Å². The average Bonchev–Trinajstić information content (AvgIpc) is 2.39. The Hall–Kier alpha value is -0.930. The first-order chi connectivity index (χ1) is 9.10. The van der Waals surface area contributed by atoms with Gasteiger partial charge in [0.25, 0.3) is 0 Å². The first kappa shape index (κ1) is 14.5. The summed E-state index contributed by atoms with van der Waals surface area (Å²) in [6.07, 6.45) is 0.